The molecule has 96 valence electrons. The van der Waals surface area contributed by atoms with Crippen molar-refractivity contribution in [3.8, 4) is 0 Å². The fraction of sp³-hybridized carbons (Fsp3) is 0.364. The number of alkyl halides is 3. The van der Waals surface area contributed by atoms with Gasteiger partial charge in [0, 0.05) is 10.9 Å². The van der Waals surface area contributed by atoms with Gasteiger partial charge in [0.1, 0.15) is 17.4 Å². The molecular formula is C11H7BrF4N2. The zero-order valence-corrected chi connectivity index (χ0v) is 10.5. The molecule has 0 radical (unpaired) electrons. The highest BCUT2D eigenvalue weighted by molar-refractivity contribution is 9.10. The van der Waals surface area contributed by atoms with E-state index in [9.17, 15) is 17.6 Å². The molecule has 1 aromatic heterocycles. The van der Waals surface area contributed by atoms with E-state index in [2.05, 4.69) is 20.9 Å². The smallest absolute Gasteiger partial charge is 0.315 e. The first-order valence-corrected chi connectivity index (χ1v) is 6.10. The van der Waals surface area contributed by atoms with Crippen LogP contribution in [-0.4, -0.2) is 15.7 Å². The average Bonchev–Trinajstić information content (AvgIpc) is 2.75. The van der Waals surface area contributed by atoms with Crippen LogP contribution in [0.25, 0.3) is 11.0 Å². The second-order valence-electron chi connectivity index (χ2n) is 4.25. The van der Waals surface area contributed by atoms with E-state index in [0.717, 1.165) is 4.57 Å². The molecule has 3 rings (SSSR count). The topological polar surface area (TPSA) is 17.8 Å². The van der Waals surface area contributed by atoms with Gasteiger partial charge in [0.2, 0.25) is 0 Å². The molecule has 1 aromatic carbocycles. The Morgan fingerprint density at radius 3 is 2.72 bits per heavy atom. The van der Waals surface area contributed by atoms with E-state index < -0.39 is 18.0 Å². The van der Waals surface area contributed by atoms with Gasteiger partial charge in [-0.05, 0) is 18.6 Å². The number of fused-ring (bicyclic) bond motifs is 3. The van der Waals surface area contributed by atoms with Crippen LogP contribution < -0.4 is 0 Å². The van der Waals surface area contributed by atoms with Crippen molar-refractivity contribution < 1.29 is 17.6 Å². The predicted molar refractivity (Wildman–Crippen MR) is 60.8 cm³/mol. The van der Waals surface area contributed by atoms with Crippen LogP contribution in [0.3, 0.4) is 0 Å². The Bertz CT molecular complexity index is 632. The summed E-state index contributed by atoms with van der Waals surface area (Å²) in [5, 5.41) is 0. The number of nitrogens with zero attached hydrogens (tertiary/aromatic N) is 2. The van der Waals surface area contributed by atoms with Crippen LogP contribution in [0.2, 0.25) is 0 Å². The monoisotopic (exact) mass is 322 g/mol. The summed E-state index contributed by atoms with van der Waals surface area (Å²) in [6.07, 6.45) is -4.15. The Morgan fingerprint density at radius 1 is 1.33 bits per heavy atom. The molecule has 0 fully saturated rings. The van der Waals surface area contributed by atoms with E-state index in [-0.39, 0.29) is 23.9 Å². The van der Waals surface area contributed by atoms with E-state index in [1.165, 1.54) is 12.1 Å². The van der Waals surface area contributed by atoms with Crippen LogP contribution in [0.15, 0.2) is 16.6 Å². The molecule has 0 N–H and O–H groups in total. The van der Waals surface area contributed by atoms with Crippen LogP contribution in [0.5, 0.6) is 0 Å². The summed E-state index contributed by atoms with van der Waals surface area (Å²) in [6, 6.07) is 1.07. The summed E-state index contributed by atoms with van der Waals surface area (Å²) < 4.78 is 53.8. The van der Waals surface area contributed by atoms with Gasteiger partial charge in [-0.25, -0.2) is 9.37 Å². The maximum atomic E-state index is 13.6. The number of hydrogen-bond donors (Lipinski definition) is 0. The highest BCUT2D eigenvalue weighted by Gasteiger charge is 2.45. The Hall–Kier alpha value is -1.11. The third-order valence-electron chi connectivity index (χ3n) is 3.12. The molecule has 0 spiro atoms. The van der Waals surface area contributed by atoms with Gasteiger partial charge in [-0.3, -0.25) is 0 Å². The molecule has 18 heavy (non-hydrogen) atoms. The number of imidazole rings is 1. The number of aromatic nitrogens is 2. The Labute approximate surface area is 108 Å². The fourth-order valence-corrected chi connectivity index (χ4v) is 2.82. The molecule has 0 bridgehead atoms. The Morgan fingerprint density at radius 2 is 2.06 bits per heavy atom. The van der Waals surface area contributed by atoms with Crippen LogP contribution >= 0.6 is 15.9 Å². The summed E-state index contributed by atoms with van der Waals surface area (Å²) in [4.78, 5) is 3.96. The number of halogens is 5. The van der Waals surface area contributed by atoms with Crippen LogP contribution in [0.4, 0.5) is 17.6 Å². The van der Waals surface area contributed by atoms with Gasteiger partial charge in [-0.2, -0.15) is 13.2 Å². The SMILES string of the molecule is Fc1cc(Br)cc2c1nc1n2[C@H](C(F)(F)F)CC1. The molecule has 2 heterocycles. The highest BCUT2D eigenvalue weighted by atomic mass is 79.9. The van der Waals surface area contributed by atoms with Crippen LogP contribution in [0.1, 0.15) is 18.3 Å². The van der Waals surface area contributed by atoms with Crippen LogP contribution in [0, 0.1) is 5.82 Å². The van der Waals surface area contributed by atoms with Gasteiger partial charge >= 0.3 is 6.18 Å². The predicted octanol–water partition coefficient (Wildman–Crippen LogP) is 3.99. The summed E-state index contributed by atoms with van der Waals surface area (Å²) >= 11 is 3.08. The Kier molecular flexibility index (Phi) is 2.45. The quantitative estimate of drug-likeness (QED) is 0.671. The van der Waals surface area contributed by atoms with E-state index in [4.69, 9.17) is 0 Å². The van der Waals surface area contributed by atoms with Crippen molar-refractivity contribution in [2.45, 2.75) is 25.1 Å². The second-order valence-corrected chi connectivity index (χ2v) is 5.17. The zero-order chi connectivity index (χ0) is 13.1. The molecule has 7 heteroatoms. The molecule has 0 saturated heterocycles. The molecular weight excluding hydrogens is 316 g/mol. The lowest BCUT2D eigenvalue weighted by Crippen LogP contribution is -2.23. The third kappa shape index (κ3) is 1.64. The van der Waals surface area contributed by atoms with Gasteiger partial charge in [-0.15, -0.1) is 0 Å². The van der Waals surface area contributed by atoms with Crippen molar-refractivity contribution in [2.24, 2.45) is 0 Å². The average molecular weight is 323 g/mol. The van der Waals surface area contributed by atoms with E-state index >= 15 is 0 Å². The third-order valence-corrected chi connectivity index (χ3v) is 3.58. The first kappa shape index (κ1) is 12.0. The van der Waals surface area contributed by atoms with Gasteiger partial charge in [-0.1, -0.05) is 15.9 Å². The molecule has 0 unspecified atom stereocenters. The first-order chi connectivity index (χ1) is 8.38. The summed E-state index contributed by atoms with van der Waals surface area (Å²) in [6.45, 7) is 0. The van der Waals surface area contributed by atoms with Gasteiger partial charge in [0.05, 0.1) is 5.52 Å². The minimum absolute atomic E-state index is 0.00199. The number of rotatable bonds is 0. The molecule has 1 aliphatic heterocycles. The van der Waals surface area contributed by atoms with E-state index in [1.807, 2.05) is 0 Å². The molecule has 1 atom stereocenters. The van der Waals surface area contributed by atoms with Crippen molar-refractivity contribution in [3.05, 3.63) is 28.2 Å². The molecule has 1 aliphatic rings. The van der Waals surface area contributed by atoms with Crippen molar-refractivity contribution in [1.29, 1.82) is 0 Å². The van der Waals surface area contributed by atoms with Gasteiger partial charge in [0.25, 0.3) is 0 Å². The molecule has 2 nitrogen and oxygen atoms in total. The number of hydrogen-bond acceptors (Lipinski definition) is 1. The lowest BCUT2D eigenvalue weighted by Gasteiger charge is -2.17. The van der Waals surface area contributed by atoms with Crippen molar-refractivity contribution in [1.82, 2.24) is 9.55 Å². The minimum atomic E-state index is -4.34. The first-order valence-electron chi connectivity index (χ1n) is 5.30. The molecule has 0 aliphatic carbocycles. The lowest BCUT2D eigenvalue weighted by molar-refractivity contribution is -0.164. The maximum absolute atomic E-state index is 13.6. The van der Waals surface area contributed by atoms with Gasteiger partial charge in [0.15, 0.2) is 5.82 Å². The number of benzene rings is 1. The molecule has 0 amide bonds. The summed E-state index contributed by atoms with van der Waals surface area (Å²) in [5.74, 6) is -0.313. The summed E-state index contributed by atoms with van der Waals surface area (Å²) in [5.41, 5.74) is 0.193. The van der Waals surface area contributed by atoms with Crippen molar-refractivity contribution in [3.63, 3.8) is 0 Å². The summed E-state index contributed by atoms with van der Waals surface area (Å²) in [7, 11) is 0. The maximum Gasteiger partial charge on any atom is 0.409 e. The fourth-order valence-electron chi connectivity index (χ4n) is 2.40. The number of aryl methyl sites for hydroxylation is 1. The normalized spacial score (nSPS) is 19.5. The minimum Gasteiger partial charge on any atom is -0.315 e. The molecule has 0 saturated carbocycles. The Balaban J connectivity index is 2.29. The second kappa shape index (κ2) is 3.69. The largest absolute Gasteiger partial charge is 0.409 e. The van der Waals surface area contributed by atoms with Crippen molar-refractivity contribution in [2.75, 3.05) is 0 Å². The van der Waals surface area contributed by atoms with E-state index in [1.54, 1.807) is 0 Å². The zero-order valence-electron chi connectivity index (χ0n) is 8.93. The standard InChI is InChI=1S/C11H7BrF4N2/c12-5-3-6(13)10-7(4-5)18-8(11(14,15)16)1-2-9(18)17-10/h3-4,8H,1-2H2/t8-/m0/s1. The van der Waals surface area contributed by atoms with Crippen LogP contribution in [-0.2, 0) is 6.42 Å². The lowest BCUT2D eigenvalue weighted by atomic mass is 10.2. The molecule has 2 aromatic rings. The van der Waals surface area contributed by atoms with Gasteiger partial charge < -0.3 is 4.57 Å². The highest BCUT2D eigenvalue weighted by Crippen LogP contribution is 2.42. The van der Waals surface area contributed by atoms with E-state index in [0.29, 0.717) is 10.3 Å². The van der Waals surface area contributed by atoms with Crippen molar-refractivity contribution >= 4 is 27.0 Å².